The summed E-state index contributed by atoms with van der Waals surface area (Å²) in [4.78, 5) is 21.2. The van der Waals surface area contributed by atoms with E-state index in [0.717, 1.165) is 11.8 Å². The molecule has 0 bridgehead atoms. The number of hydrogen-bond acceptors (Lipinski definition) is 3. The molecule has 0 saturated heterocycles. The third-order valence-electron chi connectivity index (χ3n) is 1.03. The predicted octanol–water partition coefficient (Wildman–Crippen LogP) is 1.41. The van der Waals surface area contributed by atoms with Gasteiger partial charge < -0.3 is 0 Å². The van der Waals surface area contributed by atoms with Gasteiger partial charge in [-0.3, -0.25) is 9.59 Å². The zero-order chi connectivity index (χ0) is 7.98. The van der Waals surface area contributed by atoms with Crippen molar-refractivity contribution < 1.29 is 9.59 Å². The molecule has 0 aromatic carbocycles. The fraction of sp³-hybridized carbons (Fsp3) is 0.429. The highest BCUT2D eigenvalue weighted by Crippen LogP contribution is 2.02. The molecule has 0 rings (SSSR count). The molecule has 0 aliphatic rings. The quantitative estimate of drug-likeness (QED) is 0.580. The van der Waals surface area contributed by atoms with Crippen LogP contribution in [0.3, 0.4) is 0 Å². The van der Waals surface area contributed by atoms with Crippen molar-refractivity contribution in [1.82, 2.24) is 0 Å². The number of thioether (sulfide) groups is 1. The van der Waals surface area contributed by atoms with E-state index < -0.39 is 0 Å². The fourth-order valence-corrected chi connectivity index (χ4v) is 0.736. The molecule has 0 heterocycles. The van der Waals surface area contributed by atoms with Crippen LogP contribution in [0.2, 0.25) is 0 Å². The average Bonchev–Trinajstić information content (AvgIpc) is 1.99. The van der Waals surface area contributed by atoms with Gasteiger partial charge in [-0.05, 0) is 12.3 Å². The van der Waals surface area contributed by atoms with Gasteiger partial charge in [0, 0.05) is 12.8 Å². The molecular weight excluding hydrogens is 148 g/mol. The number of hydrogen-bond donors (Lipinski definition) is 0. The van der Waals surface area contributed by atoms with Gasteiger partial charge in [-0.2, -0.15) is 0 Å². The standard InChI is InChI=1S/C7H10O2S/c1-3-6(8)4-5-7(9)10-2/h3H,1,4-5H2,2H3. The minimum absolute atomic E-state index is 0.0511. The molecule has 3 heteroatoms. The summed E-state index contributed by atoms with van der Waals surface area (Å²) in [6.45, 7) is 3.30. The summed E-state index contributed by atoms with van der Waals surface area (Å²) in [6, 6.07) is 0. The van der Waals surface area contributed by atoms with Crippen molar-refractivity contribution in [3.8, 4) is 0 Å². The van der Waals surface area contributed by atoms with Crippen molar-refractivity contribution in [2.24, 2.45) is 0 Å². The maximum Gasteiger partial charge on any atom is 0.189 e. The number of ketones is 1. The smallest absolute Gasteiger partial charge is 0.189 e. The van der Waals surface area contributed by atoms with Gasteiger partial charge in [-0.25, -0.2) is 0 Å². The van der Waals surface area contributed by atoms with E-state index in [2.05, 4.69) is 6.58 Å². The summed E-state index contributed by atoms with van der Waals surface area (Å²) < 4.78 is 0. The lowest BCUT2D eigenvalue weighted by Crippen LogP contribution is -1.96. The van der Waals surface area contributed by atoms with Crippen LogP contribution < -0.4 is 0 Å². The average molecular weight is 158 g/mol. The Hall–Kier alpha value is -0.570. The van der Waals surface area contributed by atoms with Gasteiger partial charge in [0.05, 0.1) is 0 Å². The summed E-state index contributed by atoms with van der Waals surface area (Å²) in [7, 11) is 0. The number of allylic oxidation sites excluding steroid dienone is 1. The van der Waals surface area contributed by atoms with Crippen molar-refractivity contribution >= 4 is 22.7 Å². The maximum absolute atomic E-state index is 10.6. The van der Waals surface area contributed by atoms with Gasteiger partial charge in [0.1, 0.15) is 0 Å². The van der Waals surface area contributed by atoms with Gasteiger partial charge in [0.2, 0.25) is 0 Å². The molecule has 0 radical (unpaired) electrons. The van der Waals surface area contributed by atoms with E-state index in [1.165, 1.54) is 6.08 Å². The van der Waals surface area contributed by atoms with Crippen LogP contribution in [0.1, 0.15) is 12.8 Å². The first kappa shape index (κ1) is 9.43. The lowest BCUT2D eigenvalue weighted by Gasteiger charge is -1.91. The Balaban J connectivity index is 3.44. The summed E-state index contributed by atoms with van der Waals surface area (Å²) in [5.74, 6) is -0.0672. The van der Waals surface area contributed by atoms with Gasteiger partial charge in [-0.15, -0.1) is 0 Å². The van der Waals surface area contributed by atoms with E-state index in [-0.39, 0.29) is 10.9 Å². The van der Waals surface area contributed by atoms with Gasteiger partial charge in [0.25, 0.3) is 0 Å². The molecule has 0 aromatic rings. The second kappa shape index (κ2) is 5.23. The fourth-order valence-electron chi connectivity index (χ4n) is 0.429. The molecular formula is C7H10O2S. The molecule has 0 saturated carbocycles. The number of rotatable bonds is 4. The van der Waals surface area contributed by atoms with Crippen molar-refractivity contribution in [1.29, 1.82) is 0 Å². The second-order valence-electron chi connectivity index (χ2n) is 1.75. The van der Waals surface area contributed by atoms with Crippen molar-refractivity contribution in [2.75, 3.05) is 6.26 Å². The van der Waals surface area contributed by atoms with Crippen molar-refractivity contribution in [3.05, 3.63) is 12.7 Å². The first-order valence-electron chi connectivity index (χ1n) is 2.92. The molecule has 0 aliphatic carbocycles. The van der Waals surface area contributed by atoms with E-state index in [0.29, 0.717) is 12.8 Å². The largest absolute Gasteiger partial charge is 0.295 e. The van der Waals surface area contributed by atoms with Crippen molar-refractivity contribution in [3.63, 3.8) is 0 Å². The van der Waals surface area contributed by atoms with Gasteiger partial charge >= 0.3 is 0 Å². The Morgan fingerprint density at radius 1 is 1.50 bits per heavy atom. The monoisotopic (exact) mass is 158 g/mol. The minimum atomic E-state index is -0.0672. The van der Waals surface area contributed by atoms with E-state index in [4.69, 9.17) is 0 Å². The zero-order valence-corrected chi connectivity index (χ0v) is 6.74. The number of carbonyl (C=O) groups is 2. The van der Waals surface area contributed by atoms with Crippen LogP contribution in [0, 0.1) is 0 Å². The molecule has 10 heavy (non-hydrogen) atoms. The van der Waals surface area contributed by atoms with Crippen LogP contribution in [0.4, 0.5) is 0 Å². The molecule has 0 N–H and O–H groups in total. The molecule has 0 spiro atoms. The van der Waals surface area contributed by atoms with Crippen LogP contribution in [0.15, 0.2) is 12.7 Å². The SMILES string of the molecule is C=CC(=O)CCC(=O)SC. The lowest BCUT2D eigenvalue weighted by molar-refractivity contribution is -0.117. The Morgan fingerprint density at radius 2 is 2.10 bits per heavy atom. The molecule has 2 nitrogen and oxygen atoms in total. The van der Waals surface area contributed by atoms with E-state index >= 15 is 0 Å². The topological polar surface area (TPSA) is 34.1 Å². The first-order valence-corrected chi connectivity index (χ1v) is 4.15. The Morgan fingerprint density at radius 3 is 2.50 bits per heavy atom. The Labute approximate surface area is 64.7 Å². The molecule has 56 valence electrons. The van der Waals surface area contributed by atoms with E-state index in [9.17, 15) is 9.59 Å². The molecule has 0 amide bonds. The zero-order valence-electron chi connectivity index (χ0n) is 5.92. The highest BCUT2D eigenvalue weighted by molar-refractivity contribution is 8.13. The molecule has 0 atom stereocenters. The maximum atomic E-state index is 10.6. The molecule has 0 unspecified atom stereocenters. The lowest BCUT2D eigenvalue weighted by atomic mass is 10.2. The molecule has 0 aromatic heterocycles. The highest BCUT2D eigenvalue weighted by Gasteiger charge is 2.01. The molecule has 0 fully saturated rings. The third kappa shape index (κ3) is 4.32. The van der Waals surface area contributed by atoms with Gasteiger partial charge in [-0.1, -0.05) is 18.3 Å². The van der Waals surface area contributed by atoms with Crippen LogP contribution >= 0.6 is 11.8 Å². The number of carbonyl (C=O) groups excluding carboxylic acids is 2. The normalized spacial score (nSPS) is 8.90. The van der Waals surface area contributed by atoms with Crippen molar-refractivity contribution in [2.45, 2.75) is 12.8 Å². The van der Waals surface area contributed by atoms with Gasteiger partial charge in [0.15, 0.2) is 10.9 Å². The van der Waals surface area contributed by atoms with Crippen LogP contribution in [-0.2, 0) is 9.59 Å². The molecule has 0 aliphatic heterocycles. The van der Waals surface area contributed by atoms with Crippen LogP contribution in [0.5, 0.6) is 0 Å². The predicted molar refractivity (Wildman–Crippen MR) is 43.0 cm³/mol. The third-order valence-corrected chi connectivity index (χ3v) is 1.69. The van der Waals surface area contributed by atoms with E-state index in [1.807, 2.05) is 0 Å². The van der Waals surface area contributed by atoms with E-state index in [1.54, 1.807) is 6.26 Å². The summed E-state index contributed by atoms with van der Waals surface area (Å²) in [5.41, 5.74) is 0. The van der Waals surface area contributed by atoms with Crippen LogP contribution in [-0.4, -0.2) is 17.2 Å². The summed E-state index contributed by atoms with van der Waals surface area (Å²) in [6.07, 6.45) is 3.57. The first-order chi connectivity index (χ1) is 4.70. The summed E-state index contributed by atoms with van der Waals surface area (Å²) >= 11 is 1.15. The second-order valence-corrected chi connectivity index (χ2v) is 2.61. The summed E-state index contributed by atoms with van der Waals surface area (Å²) in [5, 5.41) is 0.0511. The Bertz CT molecular complexity index is 152. The van der Waals surface area contributed by atoms with Crippen LogP contribution in [0.25, 0.3) is 0 Å². The Kier molecular flexibility index (Phi) is 4.94. The minimum Gasteiger partial charge on any atom is -0.295 e. The highest BCUT2D eigenvalue weighted by atomic mass is 32.2.